The number of aromatic nitrogens is 3. The first-order valence-electron chi connectivity index (χ1n) is 10.3. The Kier molecular flexibility index (Phi) is 5.69. The molecule has 1 N–H and O–H groups in total. The predicted octanol–water partition coefficient (Wildman–Crippen LogP) is 2.84. The van der Waals surface area contributed by atoms with Crippen LogP contribution < -0.4 is 5.32 Å². The van der Waals surface area contributed by atoms with Gasteiger partial charge in [-0.3, -0.25) is 19.5 Å². The molecular weight excluding hydrogens is 354 g/mol. The second-order valence-corrected chi connectivity index (χ2v) is 7.78. The summed E-state index contributed by atoms with van der Waals surface area (Å²) in [7, 11) is 0. The molecule has 1 aliphatic carbocycles. The van der Waals surface area contributed by atoms with Gasteiger partial charge >= 0.3 is 0 Å². The minimum atomic E-state index is -0.406. The topological polar surface area (TPSA) is 80.1 Å². The SMILES string of the molecule is O=C(Nc1nncn1Cc1ccccc1)C1CCCN1C(=O)C1CCCCC1. The van der Waals surface area contributed by atoms with E-state index in [0.717, 1.165) is 37.7 Å². The molecule has 1 aliphatic heterocycles. The molecule has 2 aromatic rings. The largest absolute Gasteiger partial charge is 0.330 e. The number of rotatable bonds is 5. The van der Waals surface area contributed by atoms with Gasteiger partial charge in [-0.25, -0.2) is 0 Å². The molecule has 28 heavy (non-hydrogen) atoms. The molecule has 2 aliphatic rings. The van der Waals surface area contributed by atoms with Gasteiger partial charge in [0.2, 0.25) is 17.8 Å². The van der Waals surface area contributed by atoms with Gasteiger partial charge in [0, 0.05) is 12.5 Å². The Hall–Kier alpha value is -2.70. The number of hydrogen-bond acceptors (Lipinski definition) is 4. The van der Waals surface area contributed by atoms with Crippen molar-refractivity contribution in [2.75, 3.05) is 11.9 Å². The van der Waals surface area contributed by atoms with Crippen LogP contribution in [0.3, 0.4) is 0 Å². The van der Waals surface area contributed by atoms with Crippen LogP contribution >= 0.6 is 0 Å². The van der Waals surface area contributed by atoms with Crippen molar-refractivity contribution in [3.63, 3.8) is 0 Å². The average Bonchev–Trinajstić information content (AvgIpc) is 3.39. The van der Waals surface area contributed by atoms with Crippen molar-refractivity contribution >= 4 is 17.8 Å². The van der Waals surface area contributed by atoms with Crippen LogP contribution in [-0.4, -0.2) is 44.1 Å². The molecule has 2 amide bonds. The number of hydrogen-bond donors (Lipinski definition) is 1. The Labute approximate surface area is 165 Å². The van der Waals surface area contributed by atoms with E-state index in [1.807, 2.05) is 34.9 Å². The van der Waals surface area contributed by atoms with Gasteiger partial charge in [-0.2, -0.15) is 0 Å². The van der Waals surface area contributed by atoms with Gasteiger partial charge in [-0.15, -0.1) is 10.2 Å². The number of nitrogens with zero attached hydrogens (tertiary/aromatic N) is 4. The second kappa shape index (κ2) is 8.54. The van der Waals surface area contributed by atoms with E-state index in [0.29, 0.717) is 25.5 Å². The van der Waals surface area contributed by atoms with Crippen LogP contribution in [0.5, 0.6) is 0 Å². The average molecular weight is 381 g/mol. The van der Waals surface area contributed by atoms with E-state index < -0.39 is 6.04 Å². The highest BCUT2D eigenvalue weighted by Gasteiger charge is 2.37. The van der Waals surface area contributed by atoms with Gasteiger partial charge in [-0.05, 0) is 31.2 Å². The summed E-state index contributed by atoms with van der Waals surface area (Å²) < 4.78 is 1.81. The maximum absolute atomic E-state index is 12.9. The summed E-state index contributed by atoms with van der Waals surface area (Å²) in [6.45, 7) is 1.25. The fourth-order valence-corrected chi connectivity index (χ4v) is 4.33. The standard InChI is InChI=1S/C21H27N5O2/c27-19(18-12-7-13-26(18)20(28)17-10-5-2-6-11-17)23-21-24-22-15-25(21)14-16-8-3-1-4-9-16/h1,3-4,8-9,15,17-18H,2,5-7,10-14H2,(H,23,24,27). The predicted molar refractivity (Wildman–Crippen MR) is 106 cm³/mol. The van der Waals surface area contributed by atoms with Crippen LogP contribution in [0.15, 0.2) is 36.7 Å². The van der Waals surface area contributed by atoms with E-state index in [1.54, 1.807) is 11.2 Å². The molecule has 7 heteroatoms. The number of likely N-dealkylation sites (tertiary alicyclic amines) is 1. The maximum atomic E-state index is 12.9. The van der Waals surface area contributed by atoms with Crippen LogP contribution in [0.4, 0.5) is 5.95 Å². The zero-order valence-corrected chi connectivity index (χ0v) is 16.1. The summed E-state index contributed by atoms with van der Waals surface area (Å²) >= 11 is 0. The normalized spacial score (nSPS) is 20.3. The molecule has 148 valence electrons. The Bertz CT molecular complexity index is 813. The van der Waals surface area contributed by atoms with Gasteiger partial charge in [0.1, 0.15) is 12.4 Å². The molecule has 1 saturated carbocycles. The van der Waals surface area contributed by atoms with E-state index in [1.165, 1.54) is 6.42 Å². The number of carbonyl (C=O) groups excluding carboxylic acids is 2. The minimum Gasteiger partial charge on any atom is -0.330 e. The summed E-state index contributed by atoms with van der Waals surface area (Å²) in [5, 5.41) is 10.9. The van der Waals surface area contributed by atoms with Gasteiger partial charge < -0.3 is 4.90 Å². The third-order valence-electron chi connectivity index (χ3n) is 5.84. The van der Waals surface area contributed by atoms with E-state index in [9.17, 15) is 9.59 Å². The number of benzene rings is 1. The molecule has 1 aromatic carbocycles. The van der Waals surface area contributed by atoms with E-state index in [-0.39, 0.29) is 17.7 Å². The molecule has 2 heterocycles. The number of anilines is 1. The molecule has 1 saturated heterocycles. The van der Waals surface area contributed by atoms with Crippen molar-refractivity contribution in [1.82, 2.24) is 19.7 Å². The highest BCUT2D eigenvalue weighted by Crippen LogP contribution is 2.29. The first kappa shape index (κ1) is 18.7. The third-order valence-corrected chi connectivity index (χ3v) is 5.84. The van der Waals surface area contributed by atoms with Gasteiger partial charge in [0.05, 0.1) is 6.54 Å². The van der Waals surface area contributed by atoms with Crippen molar-refractivity contribution < 1.29 is 9.59 Å². The lowest BCUT2D eigenvalue weighted by Crippen LogP contribution is -2.46. The van der Waals surface area contributed by atoms with Gasteiger partial charge in [-0.1, -0.05) is 49.6 Å². The van der Waals surface area contributed by atoms with E-state index in [2.05, 4.69) is 15.5 Å². The molecule has 1 aromatic heterocycles. The van der Waals surface area contributed by atoms with Crippen LogP contribution in [0.25, 0.3) is 0 Å². The van der Waals surface area contributed by atoms with E-state index >= 15 is 0 Å². The second-order valence-electron chi connectivity index (χ2n) is 7.78. The number of nitrogens with one attached hydrogen (secondary N) is 1. The number of amides is 2. The third kappa shape index (κ3) is 4.08. The van der Waals surface area contributed by atoms with E-state index in [4.69, 9.17) is 0 Å². The molecule has 1 atom stereocenters. The van der Waals surface area contributed by atoms with Crippen molar-refractivity contribution in [3.05, 3.63) is 42.2 Å². The highest BCUT2D eigenvalue weighted by atomic mass is 16.2. The molecule has 4 rings (SSSR count). The van der Waals surface area contributed by atoms with Crippen LogP contribution in [0.2, 0.25) is 0 Å². The summed E-state index contributed by atoms with van der Waals surface area (Å²) in [5.41, 5.74) is 1.10. The van der Waals surface area contributed by atoms with Crippen molar-refractivity contribution in [1.29, 1.82) is 0 Å². The molecule has 7 nitrogen and oxygen atoms in total. The van der Waals surface area contributed by atoms with Crippen LogP contribution in [0, 0.1) is 5.92 Å². The molecule has 0 bridgehead atoms. The molecule has 0 spiro atoms. The first-order valence-corrected chi connectivity index (χ1v) is 10.3. The zero-order chi connectivity index (χ0) is 19.3. The maximum Gasteiger partial charge on any atom is 0.249 e. The lowest BCUT2D eigenvalue weighted by Gasteiger charge is -2.29. The number of carbonyl (C=O) groups is 2. The van der Waals surface area contributed by atoms with Crippen LogP contribution in [-0.2, 0) is 16.1 Å². The molecule has 1 unspecified atom stereocenters. The molecule has 0 radical (unpaired) electrons. The Balaban J connectivity index is 1.42. The van der Waals surface area contributed by atoms with Gasteiger partial charge in [0.15, 0.2) is 0 Å². The van der Waals surface area contributed by atoms with Gasteiger partial charge in [0.25, 0.3) is 0 Å². The summed E-state index contributed by atoms with van der Waals surface area (Å²) in [4.78, 5) is 27.7. The summed E-state index contributed by atoms with van der Waals surface area (Å²) in [6.07, 6.45) is 8.54. The highest BCUT2D eigenvalue weighted by molar-refractivity contribution is 5.96. The molecular formula is C21H27N5O2. The monoisotopic (exact) mass is 381 g/mol. The lowest BCUT2D eigenvalue weighted by atomic mass is 9.88. The van der Waals surface area contributed by atoms with Crippen LogP contribution in [0.1, 0.15) is 50.5 Å². The summed E-state index contributed by atoms with van der Waals surface area (Å²) in [5.74, 6) is 0.502. The quantitative estimate of drug-likeness (QED) is 0.864. The fourth-order valence-electron chi connectivity index (χ4n) is 4.33. The Morgan fingerprint density at radius 2 is 1.82 bits per heavy atom. The van der Waals surface area contributed by atoms with Crippen molar-refractivity contribution in [2.24, 2.45) is 5.92 Å². The lowest BCUT2D eigenvalue weighted by molar-refractivity contribution is -0.141. The smallest absolute Gasteiger partial charge is 0.249 e. The van der Waals surface area contributed by atoms with Crippen molar-refractivity contribution in [2.45, 2.75) is 57.5 Å². The first-order chi connectivity index (χ1) is 13.7. The Morgan fingerprint density at radius 1 is 1.04 bits per heavy atom. The minimum absolute atomic E-state index is 0.0869. The summed E-state index contributed by atoms with van der Waals surface area (Å²) in [6, 6.07) is 9.56. The van der Waals surface area contributed by atoms with Crippen molar-refractivity contribution in [3.8, 4) is 0 Å². The zero-order valence-electron chi connectivity index (χ0n) is 16.1. The Morgan fingerprint density at radius 3 is 2.61 bits per heavy atom. The fraction of sp³-hybridized carbons (Fsp3) is 0.524. The molecule has 2 fully saturated rings.